The largest absolute Gasteiger partial charge is 0.475 e. The molecule has 0 amide bonds. The van der Waals surface area contributed by atoms with Gasteiger partial charge in [0, 0.05) is 18.6 Å². The fourth-order valence-corrected chi connectivity index (χ4v) is 1.34. The second-order valence-electron chi connectivity index (χ2n) is 4.95. The molecule has 0 aliphatic carbocycles. The Balaban J connectivity index is 2.89. The van der Waals surface area contributed by atoms with E-state index in [1.807, 2.05) is 6.07 Å². The van der Waals surface area contributed by atoms with Gasteiger partial charge in [0.05, 0.1) is 18.9 Å². The molecule has 1 heterocycles. The Bertz CT molecular complexity index is 358. The highest BCUT2D eigenvalue weighted by atomic mass is 16.5. The molecule has 4 heteroatoms. The maximum absolute atomic E-state index is 9.22. The minimum Gasteiger partial charge on any atom is -0.475 e. The number of aliphatic hydroxyl groups is 1. The van der Waals surface area contributed by atoms with Gasteiger partial charge >= 0.3 is 0 Å². The Morgan fingerprint density at radius 1 is 1.24 bits per heavy atom. The molecule has 0 atom stereocenters. The van der Waals surface area contributed by atoms with Gasteiger partial charge in [0.25, 0.3) is 0 Å². The molecule has 1 rings (SSSR count). The summed E-state index contributed by atoms with van der Waals surface area (Å²) in [5, 5.41) is 9.22. The Kier molecular flexibility index (Phi) is 4.90. The number of aromatic nitrogens is 1. The number of aliphatic hydroxyl groups excluding tert-OH is 1. The predicted molar refractivity (Wildman–Crippen MR) is 66.2 cm³/mol. The zero-order chi connectivity index (χ0) is 12.9. The number of rotatable bonds is 5. The van der Waals surface area contributed by atoms with Gasteiger partial charge in [0.15, 0.2) is 0 Å². The molecule has 0 aliphatic rings. The van der Waals surface area contributed by atoms with E-state index in [1.54, 1.807) is 13.2 Å². The summed E-state index contributed by atoms with van der Waals surface area (Å²) >= 11 is 0. The monoisotopic (exact) mass is 239 g/mol. The van der Waals surface area contributed by atoms with Gasteiger partial charge in [-0.25, -0.2) is 4.98 Å². The van der Waals surface area contributed by atoms with Crippen molar-refractivity contribution in [2.75, 3.05) is 20.3 Å². The summed E-state index contributed by atoms with van der Waals surface area (Å²) in [6.07, 6.45) is 0. The SMILES string of the molecule is COCCOc1cc(CO)cc(C(C)(C)C)n1. The van der Waals surface area contributed by atoms with Gasteiger partial charge in [-0.3, -0.25) is 0 Å². The van der Waals surface area contributed by atoms with E-state index in [-0.39, 0.29) is 12.0 Å². The summed E-state index contributed by atoms with van der Waals surface area (Å²) in [5.74, 6) is 0.540. The van der Waals surface area contributed by atoms with E-state index in [0.29, 0.717) is 19.1 Å². The van der Waals surface area contributed by atoms with Crippen LogP contribution in [0, 0.1) is 0 Å². The summed E-state index contributed by atoms with van der Waals surface area (Å²) in [6, 6.07) is 3.66. The van der Waals surface area contributed by atoms with Crippen LogP contribution in [-0.2, 0) is 16.8 Å². The van der Waals surface area contributed by atoms with Crippen molar-refractivity contribution in [2.45, 2.75) is 32.8 Å². The molecule has 0 aliphatic heterocycles. The molecule has 0 spiro atoms. The van der Waals surface area contributed by atoms with Crippen LogP contribution < -0.4 is 4.74 Å². The zero-order valence-electron chi connectivity index (χ0n) is 11.0. The van der Waals surface area contributed by atoms with Gasteiger partial charge in [-0.05, 0) is 11.6 Å². The van der Waals surface area contributed by atoms with Crippen LogP contribution in [0.2, 0.25) is 0 Å². The maximum atomic E-state index is 9.22. The van der Waals surface area contributed by atoms with Crippen LogP contribution in [0.1, 0.15) is 32.0 Å². The van der Waals surface area contributed by atoms with Gasteiger partial charge in [-0.1, -0.05) is 20.8 Å². The van der Waals surface area contributed by atoms with Crippen LogP contribution >= 0.6 is 0 Å². The summed E-state index contributed by atoms with van der Waals surface area (Å²) in [5.41, 5.74) is 1.67. The van der Waals surface area contributed by atoms with E-state index in [2.05, 4.69) is 25.8 Å². The van der Waals surface area contributed by atoms with E-state index >= 15 is 0 Å². The third kappa shape index (κ3) is 4.32. The van der Waals surface area contributed by atoms with Crippen LogP contribution in [0.15, 0.2) is 12.1 Å². The Labute approximate surface area is 103 Å². The molecule has 0 aromatic carbocycles. The van der Waals surface area contributed by atoms with E-state index in [9.17, 15) is 5.11 Å². The van der Waals surface area contributed by atoms with Gasteiger partial charge in [0.1, 0.15) is 6.61 Å². The standard InChI is InChI=1S/C13H21NO3/c1-13(2,3)11-7-10(9-15)8-12(14-11)17-6-5-16-4/h7-8,15H,5-6,9H2,1-4H3. The van der Waals surface area contributed by atoms with Crippen molar-refractivity contribution in [3.8, 4) is 5.88 Å². The number of pyridine rings is 1. The summed E-state index contributed by atoms with van der Waals surface area (Å²) < 4.78 is 10.4. The number of nitrogens with zero attached hydrogens (tertiary/aromatic N) is 1. The quantitative estimate of drug-likeness (QED) is 0.797. The van der Waals surface area contributed by atoms with Crippen LogP contribution in [0.3, 0.4) is 0 Å². The number of ether oxygens (including phenoxy) is 2. The first kappa shape index (κ1) is 13.9. The normalized spacial score (nSPS) is 11.6. The van der Waals surface area contributed by atoms with E-state index < -0.39 is 0 Å². The lowest BCUT2D eigenvalue weighted by atomic mass is 9.91. The van der Waals surface area contributed by atoms with E-state index in [4.69, 9.17) is 9.47 Å². The molecule has 0 radical (unpaired) electrons. The lowest BCUT2D eigenvalue weighted by Crippen LogP contribution is -2.15. The fraction of sp³-hybridized carbons (Fsp3) is 0.615. The van der Waals surface area contributed by atoms with Crippen molar-refractivity contribution in [1.82, 2.24) is 4.98 Å². The molecule has 4 nitrogen and oxygen atoms in total. The molecule has 0 fully saturated rings. The summed E-state index contributed by atoms with van der Waals surface area (Å²) in [7, 11) is 1.63. The first-order valence-corrected chi connectivity index (χ1v) is 5.71. The highest BCUT2D eigenvalue weighted by Crippen LogP contribution is 2.24. The first-order valence-electron chi connectivity index (χ1n) is 5.71. The molecule has 0 saturated carbocycles. The molecule has 1 aromatic heterocycles. The molecule has 1 N–H and O–H groups in total. The van der Waals surface area contributed by atoms with E-state index in [1.165, 1.54) is 0 Å². The van der Waals surface area contributed by atoms with E-state index in [0.717, 1.165) is 11.3 Å². The smallest absolute Gasteiger partial charge is 0.213 e. The highest BCUT2D eigenvalue weighted by Gasteiger charge is 2.17. The van der Waals surface area contributed by atoms with Crippen molar-refractivity contribution in [1.29, 1.82) is 0 Å². The number of hydrogen-bond acceptors (Lipinski definition) is 4. The van der Waals surface area contributed by atoms with Crippen LogP contribution in [0.4, 0.5) is 0 Å². The molecular formula is C13H21NO3. The summed E-state index contributed by atoms with van der Waals surface area (Å²) in [6.45, 7) is 7.21. The fourth-order valence-electron chi connectivity index (χ4n) is 1.34. The van der Waals surface area contributed by atoms with Gasteiger partial charge in [-0.2, -0.15) is 0 Å². The lowest BCUT2D eigenvalue weighted by molar-refractivity contribution is 0.143. The van der Waals surface area contributed by atoms with Crippen molar-refractivity contribution in [3.63, 3.8) is 0 Å². The second-order valence-corrected chi connectivity index (χ2v) is 4.95. The lowest BCUT2D eigenvalue weighted by Gasteiger charge is -2.19. The summed E-state index contributed by atoms with van der Waals surface area (Å²) in [4.78, 5) is 4.44. The van der Waals surface area contributed by atoms with Crippen molar-refractivity contribution >= 4 is 0 Å². The average Bonchev–Trinajstić information content (AvgIpc) is 2.28. The highest BCUT2D eigenvalue weighted by molar-refractivity contribution is 5.28. The minimum atomic E-state index is -0.0649. The topological polar surface area (TPSA) is 51.6 Å². The van der Waals surface area contributed by atoms with Gasteiger partial charge in [0.2, 0.25) is 5.88 Å². The van der Waals surface area contributed by atoms with Crippen LogP contribution in [0.25, 0.3) is 0 Å². The predicted octanol–water partition coefficient (Wildman–Crippen LogP) is 1.90. The molecule has 0 bridgehead atoms. The second kappa shape index (κ2) is 5.98. The number of hydrogen-bond donors (Lipinski definition) is 1. The molecule has 1 aromatic rings. The molecule has 0 unspecified atom stereocenters. The van der Waals surface area contributed by atoms with Crippen molar-refractivity contribution in [2.24, 2.45) is 0 Å². The van der Waals surface area contributed by atoms with Crippen LogP contribution in [0.5, 0.6) is 5.88 Å². The minimum absolute atomic E-state index is 0.00770. The van der Waals surface area contributed by atoms with Crippen LogP contribution in [-0.4, -0.2) is 30.4 Å². The van der Waals surface area contributed by atoms with Gasteiger partial charge in [-0.15, -0.1) is 0 Å². The van der Waals surface area contributed by atoms with Crippen molar-refractivity contribution in [3.05, 3.63) is 23.4 Å². The molecule has 0 saturated heterocycles. The molecule has 17 heavy (non-hydrogen) atoms. The third-order valence-electron chi connectivity index (χ3n) is 2.35. The first-order chi connectivity index (χ1) is 7.97. The number of methoxy groups -OCH3 is 1. The Morgan fingerprint density at radius 3 is 2.47 bits per heavy atom. The van der Waals surface area contributed by atoms with Gasteiger partial charge < -0.3 is 14.6 Å². The molecular weight excluding hydrogens is 218 g/mol. The average molecular weight is 239 g/mol. The third-order valence-corrected chi connectivity index (χ3v) is 2.35. The molecule has 96 valence electrons. The maximum Gasteiger partial charge on any atom is 0.213 e. The van der Waals surface area contributed by atoms with Crippen molar-refractivity contribution < 1.29 is 14.6 Å². The Hall–Kier alpha value is -1.13. The Morgan fingerprint density at radius 2 is 1.94 bits per heavy atom. The zero-order valence-corrected chi connectivity index (χ0v) is 11.0.